The van der Waals surface area contributed by atoms with Gasteiger partial charge in [0.15, 0.2) is 5.76 Å². The van der Waals surface area contributed by atoms with Crippen LogP contribution in [0.5, 0.6) is 0 Å². The van der Waals surface area contributed by atoms with Gasteiger partial charge in [0.1, 0.15) is 5.58 Å². The van der Waals surface area contributed by atoms with Gasteiger partial charge in [-0.3, -0.25) is 4.79 Å². The Balaban J connectivity index is 1.95. The lowest BCUT2D eigenvalue weighted by Gasteiger charge is -2.24. The normalized spacial score (nSPS) is 12.3. The second-order valence-electron chi connectivity index (χ2n) is 5.70. The van der Waals surface area contributed by atoms with Crippen LogP contribution in [0.2, 0.25) is 5.02 Å². The van der Waals surface area contributed by atoms with Gasteiger partial charge in [0.2, 0.25) is 0 Å². The van der Waals surface area contributed by atoms with Gasteiger partial charge in [-0.2, -0.15) is 0 Å². The Morgan fingerprint density at radius 1 is 1.17 bits per heavy atom. The van der Waals surface area contributed by atoms with Gasteiger partial charge in [0, 0.05) is 23.0 Å². The zero-order chi connectivity index (χ0) is 16.6. The van der Waals surface area contributed by atoms with Crippen LogP contribution >= 0.6 is 11.6 Å². The largest absolute Gasteiger partial charge is 0.451 e. The predicted octanol–water partition coefficient (Wildman–Crippen LogP) is 5.23. The monoisotopic (exact) mass is 327 g/mol. The molecule has 3 nitrogen and oxygen atoms in total. The van der Waals surface area contributed by atoms with Crippen molar-refractivity contribution in [2.75, 3.05) is 7.05 Å². The number of hydrogen-bond acceptors (Lipinski definition) is 2. The molecule has 0 bridgehead atoms. The third kappa shape index (κ3) is 2.84. The van der Waals surface area contributed by atoms with Gasteiger partial charge in [0.05, 0.1) is 6.04 Å². The molecule has 0 aliphatic carbocycles. The van der Waals surface area contributed by atoms with E-state index in [0.29, 0.717) is 16.4 Å². The maximum absolute atomic E-state index is 12.8. The van der Waals surface area contributed by atoms with E-state index in [9.17, 15) is 4.79 Å². The number of aryl methyl sites for hydroxylation is 1. The van der Waals surface area contributed by atoms with E-state index in [1.165, 1.54) is 0 Å². The molecule has 3 rings (SSSR count). The molecule has 23 heavy (non-hydrogen) atoms. The summed E-state index contributed by atoms with van der Waals surface area (Å²) in [6, 6.07) is 15.3. The molecular weight excluding hydrogens is 310 g/mol. The van der Waals surface area contributed by atoms with Crippen LogP contribution in [0.1, 0.15) is 34.6 Å². The highest BCUT2D eigenvalue weighted by atomic mass is 35.5. The van der Waals surface area contributed by atoms with Crippen molar-refractivity contribution in [3.63, 3.8) is 0 Å². The topological polar surface area (TPSA) is 33.5 Å². The Bertz CT molecular complexity index is 854. The highest BCUT2D eigenvalue weighted by molar-refractivity contribution is 6.31. The second kappa shape index (κ2) is 6.09. The van der Waals surface area contributed by atoms with Gasteiger partial charge >= 0.3 is 0 Å². The molecule has 0 fully saturated rings. The number of fused-ring (bicyclic) bond motifs is 1. The zero-order valence-corrected chi connectivity index (χ0v) is 14.1. The van der Waals surface area contributed by atoms with Crippen LogP contribution in [0, 0.1) is 6.92 Å². The fraction of sp³-hybridized carbons (Fsp3) is 0.211. The number of furan rings is 1. The zero-order valence-electron chi connectivity index (χ0n) is 13.3. The van der Waals surface area contributed by atoms with E-state index in [4.69, 9.17) is 16.0 Å². The van der Waals surface area contributed by atoms with E-state index in [0.717, 1.165) is 16.5 Å². The third-order valence-electron chi connectivity index (χ3n) is 4.28. The minimum absolute atomic E-state index is 0.0418. The SMILES string of the molecule is Cc1c(C(=O)N(C)C(C)c2ccccc2)oc2ccc(Cl)cc12. The lowest BCUT2D eigenvalue weighted by Crippen LogP contribution is -2.29. The van der Waals surface area contributed by atoms with Crippen LogP contribution in [0.25, 0.3) is 11.0 Å². The fourth-order valence-corrected chi connectivity index (χ4v) is 2.86. The van der Waals surface area contributed by atoms with Gasteiger partial charge in [-0.1, -0.05) is 41.9 Å². The van der Waals surface area contributed by atoms with Gasteiger partial charge in [-0.25, -0.2) is 0 Å². The van der Waals surface area contributed by atoms with Crippen molar-refractivity contribution in [2.24, 2.45) is 0 Å². The molecule has 0 radical (unpaired) electrons. The molecule has 1 unspecified atom stereocenters. The standard InChI is InChI=1S/C19H18ClNO2/c1-12-16-11-15(20)9-10-17(16)23-18(12)19(22)21(3)13(2)14-7-5-4-6-8-14/h4-11,13H,1-3H3. The minimum Gasteiger partial charge on any atom is -0.451 e. The summed E-state index contributed by atoms with van der Waals surface area (Å²) in [5.41, 5.74) is 2.58. The number of amides is 1. The number of benzene rings is 2. The second-order valence-corrected chi connectivity index (χ2v) is 6.14. The summed E-state index contributed by atoms with van der Waals surface area (Å²) in [6.07, 6.45) is 0. The highest BCUT2D eigenvalue weighted by Gasteiger charge is 2.24. The van der Waals surface area contributed by atoms with Gasteiger partial charge in [-0.05, 0) is 37.6 Å². The summed E-state index contributed by atoms with van der Waals surface area (Å²) in [5.74, 6) is 0.235. The van der Waals surface area contributed by atoms with E-state index < -0.39 is 0 Å². The molecule has 3 aromatic rings. The Kier molecular flexibility index (Phi) is 4.14. The lowest BCUT2D eigenvalue weighted by molar-refractivity contribution is 0.0712. The van der Waals surface area contributed by atoms with Crippen LogP contribution in [0.15, 0.2) is 52.9 Å². The van der Waals surface area contributed by atoms with E-state index in [1.807, 2.05) is 50.2 Å². The first-order valence-corrected chi connectivity index (χ1v) is 7.87. The molecule has 118 valence electrons. The van der Waals surface area contributed by atoms with Crippen molar-refractivity contribution in [2.45, 2.75) is 19.9 Å². The smallest absolute Gasteiger partial charge is 0.290 e. The first-order valence-electron chi connectivity index (χ1n) is 7.50. The quantitative estimate of drug-likeness (QED) is 0.660. The predicted molar refractivity (Wildman–Crippen MR) is 92.9 cm³/mol. The van der Waals surface area contributed by atoms with Crippen LogP contribution < -0.4 is 0 Å². The Morgan fingerprint density at radius 2 is 1.87 bits per heavy atom. The molecule has 0 aliphatic heterocycles. The summed E-state index contributed by atoms with van der Waals surface area (Å²) >= 11 is 6.04. The van der Waals surface area contributed by atoms with Crippen molar-refractivity contribution < 1.29 is 9.21 Å². The van der Waals surface area contributed by atoms with E-state index in [-0.39, 0.29) is 11.9 Å². The molecule has 1 heterocycles. The Morgan fingerprint density at radius 3 is 2.57 bits per heavy atom. The molecule has 0 aliphatic rings. The van der Waals surface area contributed by atoms with Crippen molar-refractivity contribution in [1.29, 1.82) is 0 Å². The molecule has 1 aromatic heterocycles. The number of hydrogen-bond donors (Lipinski definition) is 0. The van der Waals surface area contributed by atoms with Crippen molar-refractivity contribution in [3.8, 4) is 0 Å². The summed E-state index contributed by atoms with van der Waals surface area (Å²) in [5, 5.41) is 1.51. The first-order chi connectivity index (χ1) is 11.0. The number of nitrogens with zero attached hydrogens (tertiary/aromatic N) is 1. The average molecular weight is 328 g/mol. The number of rotatable bonds is 3. The fourth-order valence-electron chi connectivity index (χ4n) is 2.69. The van der Waals surface area contributed by atoms with E-state index >= 15 is 0 Å². The van der Waals surface area contributed by atoms with Crippen molar-refractivity contribution in [1.82, 2.24) is 4.90 Å². The lowest BCUT2D eigenvalue weighted by atomic mass is 10.1. The third-order valence-corrected chi connectivity index (χ3v) is 4.51. The molecule has 2 aromatic carbocycles. The molecule has 1 atom stereocenters. The Hall–Kier alpha value is -2.26. The maximum atomic E-state index is 12.8. The Labute approximate surface area is 140 Å². The summed E-state index contributed by atoms with van der Waals surface area (Å²) < 4.78 is 5.77. The maximum Gasteiger partial charge on any atom is 0.290 e. The molecular formula is C19H18ClNO2. The summed E-state index contributed by atoms with van der Waals surface area (Å²) in [4.78, 5) is 14.5. The van der Waals surface area contributed by atoms with Crippen LogP contribution in [-0.4, -0.2) is 17.9 Å². The molecule has 0 saturated carbocycles. The van der Waals surface area contributed by atoms with E-state index in [2.05, 4.69) is 0 Å². The van der Waals surface area contributed by atoms with Crippen LogP contribution in [0.3, 0.4) is 0 Å². The molecule has 4 heteroatoms. The molecule has 0 N–H and O–H groups in total. The van der Waals surface area contributed by atoms with Gasteiger partial charge < -0.3 is 9.32 Å². The van der Waals surface area contributed by atoms with E-state index in [1.54, 1.807) is 24.1 Å². The van der Waals surface area contributed by atoms with Crippen molar-refractivity contribution in [3.05, 3.63) is 70.4 Å². The van der Waals surface area contributed by atoms with Crippen LogP contribution in [-0.2, 0) is 0 Å². The van der Waals surface area contributed by atoms with Gasteiger partial charge in [-0.15, -0.1) is 0 Å². The van der Waals surface area contributed by atoms with Crippen LogP contribution in [0.4, 0.5) is 0 Å². The molecule has 1 amide bonds. The minimum atomic E-state index is -0.133. The molecule has 0 spiro atoms. The summed E-state index contributed by atoms with van der Waals surface area (Å²) in [7, 11) is 1.79. The number of halogens is 1. The number of carbonyl (C=O) groups excluding carboxylic acids is 1. The first kappa shape index (κ1) is 15.6. The van der Waals surface area contributed by atoms with Crippen molar-refractivity contribution >= 4 is 28.5 Å². The summed E-state index contributed by atoms with van der Waals surface area (Å²) in [6.45, 7) is 3.89. The number of carbonyl (C=O) groups is 1. The highest BCUT2D eigenvalue weighted by Crippen LogP contribution is 2.30. The molecule has 0 saturated heterocycles. The average Bonchev–Trinajstić information content (AvgIpc) is 2.90. The van der Waals surface area contributed by atoms with Gasteiger partial charge in [0.25, 0.3) is 5.91 Å².